The lowest BCUT2D eigenvalue weighted by Gasteiger charge is -2.18. The summed E-state index contributed by atoms with van der Waals surface area (Å²) < 4.78 is 43.1. The van der Waals surface area contributed by atoms with E-state index in [1.54, 1.807) is 42.7 Å². The summed E-state index contributed by atoms with van der Waals surface area (Å²) in [5.41, 5.74) is 3.95. The number of hydrogen-bond donors (Lipinski definition) is 1. The molecule has 0 bridgehead atoms. The van der Waals surface area contributed by atoms with Crippen molar-refractivity contribution >= 4 is 21.7 Å². The van der Waals surface area contributed by atoms with E-state index in [9.17, 15) is 12.8 Å². The van der Waals surface area contributed by atoms with Crippen LogP contribution in [-0.4, -0.2) is 40.6 Å². The van der Waals surface area contributed by atoms with Crippen LogP contribution in [0.4, 0.5) is 10.3 Å². The highest BCUT2D eigenvalue weighted by Gasteiger charge is 2.19. The van der Waals surface area contributed by atoms with E-state index in [4.69, 9.17) is 14.2 Å². The summed E-state index contributed by atoms with van der Waals surface area (Å²) in [7, 11) is -3.58. The van der Waals surface area contributed by atoms with Gasteiger partial charge in [0.1, 0.15) is 11.5 Å². The molecule has 0 aliphatic carbocycles. The normalized spacial score (nSPS) is 12.3. The molecule has 1 aromatic carbocycles. The molecule has 34 heavy (non-hydrogen) atoms. The van der Waals surface area contributed by atoms with Crippen molar-refractivity contribution in [3.8, 4) is 22.6 Å². The average Bonchev–Trinajstić information content (AvgIpc) is 3.15. The third kappa shape index (κ3) is 5.75. The van der Waals surface area contributed by atoms with Crippen molar-refractivity contribution in [2.75, 3.05) is 18.1 Å². The van der Waals surface area contributed by atoms with Crippen LogP contribution < -0.4 is 5.32 Å². The molecule has 0 amide bonds. The number of anilines is 1. The maximum Gasteiger partial charge on any atom is 0.264 e. The maximum absolute atomic E-state index is 13.6. The van der Waals surface area contributed by atoms with Crippen LogP contribution in [-0.2, 0) is 20.9 Å². The molecule has 10 heteroatoms. The molecule has 0 fully saturated rings. The summed E-state index contributed by atoms with van der Waals surface area (Å²) in [5, 5.41) is 3.27. The molecule has 0 aliphatic heterocycles. The van der Waals surface area contributed by atoms with Gasteiger partial charge >= 0.3 is 0 Å². The Morgan fingerprint density at radius 3 is 2.50 bits per heavy atom. The molecule has 8 nitrogen and oxygen atoms in total. The predicted molar refractivity (Wildman–Crippen MR) is 129 cm³/mol. The van der Waals surface area contributed by atoms with Crippen molar-refractivity contribution < 1.29 is 17.0 Å². The van der Waals surface area contributed by atoms with Crippen LogP contribution in [0.25, 0.3) is 28.3 Å². The lowest BCUT2D eigenvalue weighted by molar-refractivity contribution is 0.311. The van der Waals surface area contributed by atoms with Gasteiger partial charge in [-0.05, 0) is 53.4 Å². The molecule has 0 unspecified atom stereocenters. The lowest BCUT2D eigenvalue weighted by atomic mass is 9.97. The van der Waals surface area contributed by atoms with Crippen LogP contribution in [0.1, 0.15) is 26.3 Å². The van der Waals surface area contributed by atoms with E-state index in [2.05, 4.69) is 31.1 Å². The van der Waals surface area contributed by atoms with E-state index >= 15 is 0 Å². The molecule has 4 aromatic rings. The maximum atomic E-state index is 13.6. The highest BCUT2D eigenvalue weighted by atomic mass is 32.2. The Bertz CT molecular complexity index is 1430. The first-order valence-corrected chi connectivity index (χ1v) is 12.5. The van der Waals surface area contributed by atoms with Gasteiger partial charge in [0.25, 0.3) is 10.1 Å². The third-order valence-electron chi connectivity index (χ3n) is 4.92. The van der Waals surface area contributed by atoms with Gasteiger partial charge in [-0.1, -0.05) is 20.8 Å². The molecule has 3 heterocycles. The Hall–Kier alpha value is -3.37. The molecule has 3 aromatic heterocycles. The number of nitrogens with one attached hydrogen (secondary N) is 1. The van der Waals surface area contributed by atoms with Gasteiger partial charge in [-0.2, -0.15) is 8.42 Å². The van der Waals surface area contributed by atoms with Crippen LogP contribution in [0.3, 0.4) is 0 Å². The van der Waals surface area contributed by atoms with Gasteiger partial charge in [0.2, 0.25) is 5.95 Å². The quantitative estimate of drug-likeness (QED) is 0.386. The van der Waals surface area contributed by atoms with Gasteiger partial charge in [-0.25, -0.2) is 19.3 Å². The van der Waals surface area contributed by atoms with Crippen LogP contribution >= 0.6 is 0 Å². The Labute approximate surface area is 198 Å². The number of fused-ring (bicyclic) bond motifs is 1. The number of hydrogen-bond acceptors (Lipinski definition) is 7. The number of imidazole rings is 1. The summed E-state index contributed by atoms with van der Waals surface area (Å²) in [6.07, 6.45) is 4.47. The first-order valence-electron chi connectivity index (χ1n) is 10.7. The fourth-order valence-corrected chi connectivity index (χ4v) is 3.68. The Balaban J connectivity index is 1.82. The first kappa shape index (κ1) is 23.8. The van der Waals surface area contributed by atoms with E-state index < -0.39 is 10.1 Å². The SMILES string of the molecule is CC(C)(C)CNc1nccc(-c2c(-c3ccc(F)cc3)nc3cc(COS(C)(=O)=O)ccn23)n1. The first-order chi connectivity index (χ1) is 16.0. The van der Waals surface area contributed by atoms with Crippen LogP contribution in [0, 0.1) is 11.2 Å². The van der Waals surface area contributed by atoms with E-state index in [1.165, 1.54) is 12.1 Å². The standard InChI is InChI=1S/C24H26FN5O3S/c1-24(2,3)15-27-23-26-11-9-19(28-23)22-21(17-5-7-18(25)8-6-17)29-20-13-16(10-12-30(20)22)14-33-34(4,31)32/h5-13H,14-15H2,1-4H3,(H,26,27,28). The second-order valence-corrected chi connectivity index (χ2v) is 10.9. The molecular formula is C24H26FN5O3S. The number of aromatic nitrogens is 4. The van der Waals surface area contributed by atoms with E-state index in [0.717, 1.165) is 11.8 Å². The van der Waals surface area contributed by atoms with E-state index in [1.807, 2.05) is 4.40 Å². The lowest BCUT2D eigenvalue weighted by Crippen LogP contribution is -2.20. The van der Waals surface area contributed by atoms with Gasteiger partial charge in [-0.15, -0.1) is 0 Å². The summed E-state index contributed by atoms with van der Waals surface area (Å²) in [5.74, 6) is 0.149. The second-order valence-electron chi connectivity index (χ2n) is 9.23. The fraction of sp³-hybridized carbons (Fsp3) is 0.292. The molecule has 1 N–H and O–H groups in total. The summed E-state index contributed by atoms with van der Waals surface area (Å²) >= 11 is 0. The highest BCUT2D eigenvalue weighted by Crippen LogP contribution is 2.32. The minimum absolute atomic E-state index is 0.0480. The molecule has 0 saturated carbocycles. The number of rotatable bonds is 7. The molecule has 0 radical (unpaired) electrons. The molecule has 0 saturated heterocycles. The second kappa shape index (κ2) is 9.11. The van der Waals surface area contributed by atoms with Crippen LogP contribution in [0.5, 0.6) is 0 Å². The highest BCUT2D eigenvalue weighted by molar-refractivity contribution is 7.85. The number of benzene rings is 1. The van der Waals surface area contributed by atoms with Crippen LogP contribution in [0.15, 0.2) is 54.9 Å². The molecular weight excluding hydrogens is 457 g/mol. The monoisotopic (exact) mass is 483 g/mol. The van der Waals surface area contributed by atoms with Gasteiger partial charge in [0.15, 0.2) is 0 Å². The molecule has 178 valence electrons. The number of nitrogens with zero attached hydrogens (tertiary/aromatic N) is 4. The Morgan fingerprint density at radius 1 is 1.09 bits per heavy atom. The molecule has 0 spiro atoms. The van der Waals surface area contributed by atoms with Crippen molar-refractivity contribution in [2.45, 2.75) is 27.4 Å². The Morgan fingerprint density at radius 2 is 1.82 bits per heavy atom. The van der Waals surface area contributed by atoms with E-state index in [-0.39, 0.29) is 17.8 Å². The topological polar surface area (TPSA) is 98.5 Å². The van der Waals surface area contributed by atoms with Crippen molar-refractivity contribution in [2.24, 2.45) is 5.41 Å². The van der Waals surface area contributed by atoms with Gasteiger partial charge in [0, 0.05) is 24.5 Å². The number of halogens is 1. The summed E-state index contributed by atoms with van der Waals surface area (Å²) in [4.78, 5) is 13.8. The van der Waals surface area contributed by atoms with Crippen molar-refractivity contribution in [3.05, 3.63) is 66.2 Å². The summed E-state index contributed by atoms with van der Waals surface area (Å²) in [6.45, 7) is 6.94. The zero-order chi connectivity index (χ0) is 24.5. The van der Waals surface area contributed by atoms with Gasteiger partial charge < -0.3 is 5.32 Å². The zero-order valence-corrected chi connectivity index (χ0v) is 20.2. The van der Waals surface area contributed by atoms with Gasteiger partial charge in [-0.3, -0.25) is 8.58 Å². The summed E-state index contributed by atoms with van der Waals surface area (Å²) in [6, 6.07) is 11.4. The minimum atomic E-state index is -3.58. The fourth-order valence-electron chi connectivity index (χ4n) is 3.33. The van der Waals surface area contributed by atoms with Crippen molar-refractivity contribution in [3.63, 3.8) is 0 Å². The number of pyridine rings is 1. The molecule has 4 rings (SSSR count). The smallest absolute Gasteiger partial charge is 0.264 e. The van der Waals surface area contributed by atoms with Gasteiger partial charge in [0.05, 0.1) is 29.9 Å². The van der Waals surface area contributed by atoms with Crippen molar-refractivity contribution in [1.29, 1.82) is 0 Å². The minimum Gasteiger partial charge on any atom is -0.354 e. The molecule has 0 atom stereocenters. The van der Waals surface area contributed by atoms with Crippen LogP contribution in [0.2, 0.25) is 0 Å². The largest absolute Gasteiger partial charge is 0.354 e. The van der Waals surface area contributed by atoms with E-state index in [0.29, 0.717) is 40.8 Å². The average molecular weight is 484 g/mol. The third-order valence-corrected chi connectivity index (χ3v) is 5.47. The zero-order valence-electron chi connectivity index (χ0n) is 19.4. The van der Waals surface area contributed by atoms with Crippen molar-refractivity contribution in [1.82, 2.24) is 19.4 Å². The molecule has 0 aliphatic rings. The predicted octanol–water partition coefficient (Wildman–Crippen LogP) is 4.53. The Kier molecular flexibility index (Phi) is 6.37.